The smallest absolute Gasteiger partial charge is 0.274 e. The van der Waals surface area contributed by atoms with Crippen molar-refractivity contribution in [1.29, 1.82) is 0 Å². The Morgan fingerprint density at radius 1 is 1.19 bits per heavy atom. The number of likely N-dealkylation sites (tertiary alicyclic amines) is 1. The fourth-order valence-electron chi connectivity index (χ4n) is 3.90. The van der Waals surface area contributed by atoms with Gasteiger partial charge in [0, 0.05) is 19.6 Å². The number of piperidine rings is 1. The maximum atomic E-state index is 13.2. The number of halogens is 1. The summed E-state index contributed by atoms with van der Waals surface area (Å²) in [5, 5.41) is 7.38. The Bertz CT molecular complexity index is 771. The summed E-state index contributed by atoms with van der Waals surface area (Å²) >= 11 is 0. The molecule has 2 aliphatic rings. The van der Waals surface area contributed by atoms with Crippen LogP contribution >= 0.6 is 0 Å². The van der Waals surface area contributed by atoms with Gasteiger partial charge >= 0.3 is 0 Å². The molecule has 2 fully saturated rings. The van der Waals surface area contributed by atoms with Crippen molar-refractivity contribution in [2.75, 3.05) is 32.8 Å². The quantitative estimate of drug-likeness (QED) is 0.897. The highest BCUT2D eigenvalue weighted by atomic mass is 19.1. The predicted octanol–water partition coefficient (Wildman–Crippen LogP) is 2.75. The van der Waals surface area contributed by atoms with E-state index >= 15 is 0 Å². The van der Waals surface area contributed by atoms with Gasteiger partial charge in [-0.1, -0.05) is 18.6 Å². The first-order chi connectivity index (χ1) is 13.2. The van der Waals surface area contributed by atoms with Crippen molar-refractivity contribution in [2.45, 2.75) is 31.8 Å². The monoisotopic (exact) mass is 372 g/mol. The number of aromatic nitrogens is 2. The summed E-state index contributed by atoms with van der Waals surface area (Å²) in [5.41, 5.74) is 2.54. The van der Waals surface area contributed by atoms with E-state index in [4.69, 9.17) is 4.74 Å². The second-order valence-electron chi connectivity index (χ2n) is 7.22. The van der Waals surface area contributed by atoms with E-state index in [2.05, 4.69) is 15.1 Å². The SMILES string of the molecule is O=C(c1cc([C@H]2CCCCN2Cc2ccc(F)cc2)[nH]n1)N1CCOCC1. The highest BCUT2D eigenvalue weighted by Gasteiger charge is 2.28. The van der Waals surface area contributed by atoms with E-state index < -0.39 is 0 Å². The second kappa shape index (κ2) is 8.19. The van der Waals surface area contributed by atoms with Crippen LogP contribution in [0.1, 0.15) is 47.1 Å². The topological polar surface area (TPSA) is 61.5 Å². The van der Waals surface area contributed by atoms with E-state index in [1.54, 1.807) is 4.90 Å². The molecule has 144 valence electrons. The van der Waals surface area contributed by atoms with Gasteiger partial charge in [0.1, 0.15) is 11.5 Å². The highest BCUT2D eigenvalue weighted by Crippen LogP contribution is 2.31. The lowest BCUT2D eigenvalue weighted by atomic mass is 9.98. The van der Waals surface area contributed by atoms with Crippen LogP contribution in [0.15, 0.2) is 30.3 Å². The highest BCUT2D eigenvalue weighted by molar-refractivity contribution is 5.92. The van der Waals surface area contributed by atoms with Crippen LogP contribution in [0.4, 0.5) is 4.39 Å². The van der Waals surface area contributed by atoms with Gasteiger partial charge in [0.25, 0.3) is 5.91 Å². The third-order valence-corrected chi connectivity index (χ3v) is 5.39. The summed E-state index contributed by atoms with van der Waals surface area (Å²) in [7, 11) is 0. The van der Waals surface area contributed by atoms with Crippen LogP contribution in [-0.2, 0) is 11.3 Å². The number of hydrogen-bond donors (Lipinski definition) is 1. The van der Waals surface area contributed by atoms with E-state index in [9.17, 15) is 9.18 Å². The molecule has 0 unspecified atom stereocenters. The number of nitrogens with zero attached hydrogens (tertiary/aromatic N) is 3. The van der Waals surface area contributed by atoms with Gasteiger partial charge in [-0.15, -0.1) is 0 Å². The van der Waals surface area contributed by atoms with Crippen LogP contribution in [0.25, 0.3) is 0 Å². The maximum absolute atomic E-state index is 13.2. The molecule has 0 bridgehead atoms. The number of hydrogen-bond acceptors (Lipinski definition) is 4. The molecule has 6 nitrogen and oxygen atoms in total. The number of aromatic amines is 1. The van der Waals surface area contributed by atoms with Crippen molar-refractivity contribution in [3.8, 4) is 0 Å². The Labute approximate surface area is 158 Å². The number of nitrogens with one attached hydrogen (secondary N) is 1. The van der Waals surface area contributed by atoms with Crippen LogP contribution in [0.3, 0.4) is 0 Å². The first-order valence-electron chi connectivity index (χ1n) is 9.61. The summed E-state index contributed by atoms with van der Waals surface area (Å²) in [4.78, 5) is 16.8. The number of carbonyl (C=O) groups excluding carboxylic acids is 1. The van der Waals surface area contributed by atoms with Crippen LogP contribution in [0.2, 0.25) is 0 Å². The largest absolute Gasteiger partial charge is 0.378 e. The third-order valence-electron chi connectivity index (χ3n) is 5.39. The van der Waals surface area contributed by atoms with Crippen LogP contribution in [0.5, 0.6) is 0 Å². The summed E-state index contributed by atoms with van der Waals surface area (Å²) in [5.74, 6) is -0.254. The Hall–Kier alpha value is -2.25. The number of benzene rings is 1. The van der Waals surface area contributed by atoms with Gasteiger partial charge in [-0.05, 0) is 43.1 Å². The summed E-state index contributed by atoms with van der Waals surface area (Å²) < 4.78 is 18.5. The Kier molecular flexibility index (Phi) is 5.50. The van der Waals surface area contributed by atoms with Crippen molar-refractivity contribution in [3.05, 3.63) is 53.1 Å². The zero-order chi connectivity index (χ0) is 18.6. The molecule has 1 aromatic heterocycles. The van der Waals surface area contributed by atoms with E-state index in [1.807, 2.05) is 18.2 Å². The van der Waals surface area contributed by atoms with Crippen molar-refractivity contribution >= 4 is 5.91 Å². The second-order valence-corrected chi connectivity index (χ2v) is 7.22. The lowest BCUT2D eigenvalue weighted by molar-refractivity contribution is 0.0299. The number of morpholine rings is 1. The molecule has 1 aromatic carbocycles. The van der Waals surface area contributed by atoms with Gasteiger partial charge in [0.15, 0.2) is 0 Å². The van der Waals surface area contributed by atoms with Crippen LogP contribution in [-0.4, -0.2) is 58.8 Å². The zero-order valence-corrected chi connectivity index (χ0v) is 15.4. The van der Waals surface area contributed by atoms with E-state index in [0.29, 0.717) is 32.0 Å². The number of amides is 1. The third kappa shape index (κ3) is 4.20. The Morgan fingerprint density at radius 3 is 2.74 bits per heavy atom. The summed E-state index contributed by atoms with van der Waals surface area (Å²) in [6, 6.07) is 8.77. The van der Waals surface area contributed by atoms with Gasteiger partial charge in [-0.25, -0.2) is 4.39 Å². The molecule has 3 heterocycles. The van der Waals surface area contributed by atoms with Gasteiger partial charge in [0.05, 0.1) is 24.9 Å². The van der Waals surface area contributed by atoms with E-state index in [1.165, 1.54) is 12.1 Å². The minimum absolute atomic E-state index is 0.0401. The fraction of sp³-hybridized carbons (Fsp3) is 0.500. The van der Waals surface area contributed by atoms with Gasteiger partial charge in [-0.3, -0.25) is 14.8 Å². The van der Waals surface area contributed by atoms with Gasteiger partial charge in [0.2, 0.25) is 0 Å². The predicted molar refractivity (Wildman–Crippen MR) is 98.7 cm³/mol. The standard InChI is InChI=1S/C20H25FN4O2/c21-16-6-4-15(5-7-16)14-25-8-2-1-3-19(25)17-13-18(23-22-17)20(26)24-9-11-27-12-10-24/h4-7,13,19H,1-3,8-12,14H2,(H,22,23)/t19-/m1/s1. The van der Waals surface area contributed by atoms with Crippen LogP contribution in [0, 0.1) is 5.82 Å². The summed E-state index contributed by atoms with van der Waals surface area (Å²) in [6.07, 6.45) is 3.32. The average molecular weight is 372 g/mol. The Morgan fingerprint density at radius 2 is 1.96 bits per heavy atom. The minimum Gasteiger partial charge on any atom is -0.378 e. The van der Waals surface area contributed by atoms with Crippen LogP contribution < -0.4 is 0 Å². The molecule has 0 aliphatic carbocycles. The van der Waals surface area contributed by atoms with E-state index in [0.717, 1.165) is 43.6 Å². The number of carbonyl (C=O) groups is 1. The number of H-pyrrole nitrogens is 1. The fourth-order valence-corrected chi connectivity index (χ4v) is 3.90. The molecule has 4 rings (SSSR count). The zero-order valence-electron chi connectivity index (χ0n) is 15.4. The average Bonchev–Trinajstić information content (AvgIpc) is 3.20. The molecule has 0 radical (unpaired) electrons. The molecule has 2 aromatic rings. The van der Waals surface area contributed by atoms with E-state index in [-0.39, 0.29) is 17.8 Å². The van der Waals surface area contributed by atoms with Crippen molar-refractivity contribution < 1.29 is 13.9 Å². The molecule has 7 heteroatoms. The lowest BCUT2D eigenvalue weighted by Gasteiger charge is -2.35. The number of ether oxygens (including phenoxy) is 1. The molecule has 1 amide bonds. The maximum Gasteiger partial charge on any atom is 0.274 e. The molecular formula is C20H25FN4O2. The van der Waals surface area contributed by atoms with Crippen molar-refractivity contribution in [2.24, 2.45) is 0 Å². The van der Waals surface area contributed by atoms with Gasteiger partial charge < -0.3 is 9.64 Å². The first kappa shape index (κ1) is 18.1. The molecule has 0 saturated carbocycles. The van der Waals surface area contributed by atoms with Crippen molar-refractivity contribution in [1.82, 2.24) is 20.0 Å². The van der Waals surface area contributed by atoms with Crippen molar-refractivity contribution in [3.63, 3.8) is 0 Å². The molecule has 2 saturated heterocycles. The summed E-state index contributed by atoms with van der Waals surface area (Å²) in [6.45, 7) is 4.13. The molecule has 1 atom stereocenters. The molecule has 1 N–H and O–H groups in total. The minimum atomic E-state index is -0.214. The number of rotatable bonds is 4. The Balaban J connectivity index is 1.47. The molecule has 27 heavy (non-hydrogen) atoms. The molecular weight excluding hydrogens is 347 g/mol. The molecule has 0 spiro atoms. The first-order valence-corrected chi connectivity index (χ1v) is 9.61. The lowest BCUT2D eigenvalue weighted by Crippen LogP contribution is -2.40. The van der Waals surface area contributed by atoms with Gasteiger partial charge in [-0.2, -0.15) is 5.10 Å². The normalized spacial score (nSPS) is 21.4. The molecule has 2 aliphatic heterocycles.